The first-order chi connectivity index (χ1) is 17.9. The maximum absolute atomic E-state index is 14.1. The SMILES string of the molecule is Cc1cc(C)c(S(OC(=O)c2ccccc2O)(c2c(C)cc(C)cc2C)c2c(C)cc(C)cc2C)c(C)c1. The van der Waals surface area contributed by atoms with Gasteiger partial charge in [-0.25, -0.2) is 4.79 Å². The summed E-state index contributed by atoms with van der Waals surface area (Å²) in [5.74, 6) is -0.617. The minimum absolute atomic E-state index is 0.0853. The highest BCUT2D eigenvalue weighted by Crippen LogP contribution is 2.74. The summed E-state index contributed by atoms with van der Waals surface area (Å²) in [6, 6.07) is 19.7. The number of carbonyl (C=O) groups excluding carboxylic acids is 1. The van der Waals surface area contributed by atoms with E-state index < -0.39 is 16.3 Å². The predicted molar refractivity (Wildman–Crippen MR) is 158 cm³/mol. The fraction of sp³-hybridized carbons (Fsp3) is 0.265. The van der Waals surface area contributed by atoms with Crippen LogP contribution >= 0.6 is 10.3 Å². The van der Waals surface area contributed by atoms with Crippen LogP contribution in [0, 0.1) is 62.3 Å². The molecule has 0 aliphatic heterocycles. The molecular formula is C34H38O3S. The second-order valence-corrected chi connectivity index (χ2v) is 13.1. The Bertz CT molecular complexity index is 1360. The zero-order chi connectivity index (χ0) is 27.9. The minimum atomic E-state index is -2.59. The second-order valence-electron chi connectivity index (χ2n) is 10.6. The van der Waals surface area contributed by atoms with Crippen molar-refractivity contribution in [2.24, 2.45) is 0 Å². The summed E-state index contributed by atoms with van der Waals surface area (Å²) in [7, 11) is -2.59. The van der Waals surface area contributed by atoms with Gasteiger partial charge in [0.05, 0.1) is 0 Å². The second kappa shape index (κ2) is 10.3. The summed E-state index contributed by atoms with van der Waals surface area (Å²) in [5, 5.41) is 10.6. The van der Waals surface area contributed by atoms with Gasteiger partial charge in [-0.1, -0.05) is 65.2 Å². The highest BCUT2D eigenvalue weighted by molar-refractivity contribution is 8.30. The average molecular weight is 527 g/mol. The van der Waals surface area contributed by atoms with Gasteiger partial charge in [-0.05, 0) is 118 Å². The molecule has 0 atom stereocenters. The Balaban J connectivity index is 2.25. The normalized spacial score (nSPS) is 11.9. The zero-order valence-electron chi connectivity index (χ0n) is 23.9. The summed E-state index contributed by atoms with van der Waals surface area (Å²) in [5.41, 5.74) is 10.2. The van der Waals surface area contributed by atoms with E-state index in [9.17, 15) is 9.90 Å². The van der Waals surface area contributed by atoms with Crippen LogP contribution in [0.25, 0.3) is 0 Å². The summed E-state index contributed by atoms with van der Waals surface area (Å²) < 4.78 is 6.95. The van der Waals surface area contributed by atoms with E-state index in [1.165, 1.54) is 22.8 Å². The van der Waals surface area contributed by atoms with Gasteiger partial charge >= 0.3 is 5.97 Å². The van der Waals surface area contributed by atoms with Crippen LogP contribution < -0.4 is 0 Å². The molecular weight excluding hydrogens is 488 g/mol. The third kappa shape index (κ3) is 4.74. The molecule has 0 bridgehead atoms. The van der Waals surface area contributed by atoms with Crippen molar-refractivity contribution in [2.75, 3.05) is 0 Å². The van der Waals surface area contributed by atoms with E-state index >= 15 is 0 Å². The molecule has 198 valence electrons. The molecule has 0 fully saturated rings. The standard InChI is InChI=1S/C34H38O3S/c1-20-14-23(4)31(24(5)15-20)38(32-25(6)16-21(2)17-26(32)7,33-27(8)18-22(3)19-28(33)9)37-34(36)29-12-10-11-13-30(29)35/h10-19,35H,1-9H3. The van der Waals surface area contributed by atoms with E-state index in [4.69, 9.17) is 4.18 Å². The molecule has 4 aromatic carbocycles. The lowest BCUT2D eigenvalue weighted by Gasteiger charge is -2.45. The van der Waals surface area contributed by atoms with Crippen molar-refractivity contribution in [3.63, 3.8) is 0 Å². The summed E-state index contributed by atoms with van der Waals surface area (Å²) in [6.45, 7) is 19.0. The summed E-state index contributed by atoms with van der Waals surface area (Å²) >= 11 is 0. The van der Waals surface area contributed by atoms with Crippen LogP contribution in [-0.4, -0.2) is 11.1 Å². The van der Waals surface area contributed by atoms with E-state index in [0.29, 0.717) is 0 Å². The van der Waals surface area contributed by atoms with Crippen molar-refractivity contribution >= 4 is 16.3 Å². The van der Waals surface area contributed by atoms with Crippen LogP contribution in [0.1, 0.15) is 60.4 Å². The summed E-state index contributed by atoms with van der Waals surface area (Å²) in [6.07, 6.45) is 0. The van der Waals surface area contributed by atoms with Gasteiger partial charge in [-0.2, -0.15) is 0 Å². The number of aryl methyl sites for hydroxylation is 9. The number of phenols is 1. The van der Waals surface area contributed by atoms with Gasteiger partial charge < -0.3 is 9.29 Å². The first-order valence-electron chi connectivity index (χ1n) is 13.0. The van der Waals surface area contributed by atoms with Crippen LogP contribution in [0.2, 0.25) is 0 Å². The van der Waals surface area contributed by atoms with E-state index in [0.717, 1.165) is 48.1 Å². The molecule has 4 rings (SSSR count). The zero-order valence-corrected chi connectivity index (χ0v) is 24.8. The fourth-order valence-corrected chi connectivity index (χ4v) is 10.3. The molecule has 0 aliphatic carbocycles. The Kier molecular flexibility index (Phi) is 7.49. The molecule has 0 heterocycles. The summed E-state index contributed by atoms with van der Waals surface area (Å²) in [4.78, 5) is 17.2. The molecule has 38 heavy (non-hydrogen) atoms. The average Bonchev–Trinajstić information content (AvgIpc) is 2.77. The van der Waals surface area contributed by atoms with Crippen LogP contribution in [-0.2, 0) is 4.18 Å². The highest BCUT2D eigenvalue weighted by atomic mass is 32.3. The highest BCUT2D eigenvalue weighted by Gasteiger charge is 2.43. The van der Waals surface area contributed by atoms with Gasteiger partial charge in [0, 0.05) is 14.7 Å². The number of aromatic hydroxyl groups is 1. The molecule has 0 saturated carbocycles. The molecule has 1 N–H and O–H groups in total. The molecule has 0 spiro atoms. The van der Waals surface area contributed by atoms with Crippen LogP contribution in [0.15, 0.2) is 75.4 Å². The number of hydrogen-bond donors (Lipinski definition) is 1. The molecule has 0 radical (unpaired) electrons. The number of rotatable bonds is 5. The molecule has 4 heteroatoms. The van der Waals surface area contributed by atoms with Crippen molar-refractivity contribution in [1.82, 2.24) is 0 Å². The third-order valence-electron chi connectivity index (χ3n) is 7.00. The Hall–Kier alpha value is -3.50. The molecule has 0 aromatic heterocycles. The van der Waals surface area contributed by atoms with E-state index in [1.54, 1.807) is 18.2 Å². The van der Waals surface area contributed by atoms with Gasteiger partial charge in [0.25, 0.3) is 0 Å². The van der Waals surface area contributed by atoms with Crippen molar-refractivity contribution in [1.29, 1.82) is 0 Å². The Labute approximate surface area is 229 Å². The van der Waals surface area contributed by atoms with E-state index in [-0.39, 0.29) is 11.3 Å². The van der Waals surface area contributed by atoms with Gasteiger partial charge in [-0.15, -0.1) is 0 Å². The predicted octanol–water partition coefficient (Wildman–Crippen LogP) is 9.22. The lowest BCUT2D eigenvalue weighted by Crippen LogP contribution is -2.19. The largest absolute Gasteiger partial charge is 0.507 e. The fourth-order valence-electron chi connectivity index (χ4n) is 6.10. The van der Waals surface area contributed by atoms with E-state index in [1.807, 2.05) is 0 Å². The lowest BCUT2D eigenvalue weighted by atomic mass is 10.1. The number of carbonyl (C=O) groups is 1. The van der Waals surface area contributed by atoms with Crippen molar-refractivity contribution in [3.8, 4) is 5.75 Å². The topological polar surface area (TPSA) is 46.5 Å². The number of para-hydroxylation sites is 1. The smallest absolute Gasteiger partial charge is 0.353 e. The number of benzene rings is 4. The molecule has 0 saturated heterocycles. The van der Waals surface area contributed by atoms with E-state index in [2.05, 4.69) is 98.7 Å². The number of phenolic OH excluding ortho intramolecular Hbond substituents is 1. The van der Waals surface area contributed by atoms with Gasteiger partial charge in [0.1, 0.15) is 11.3 Å². The molecule has 0 amide bonds. The van der Waals surface area contributed by atoms with Gasteiger partial charge in [-0.3, -0.25) is 0 Å². The first kappa shape index (κ1) is 27.5. The maximum Gasteiger partial charge on any atom is 0.353 e. The molecule has 0 aliphatic rings. The number of hydrogen-bond acceptors (Lipinski definition) is 3. The minimum Gasteiger partial charge on any atom is -0.507 e. The van der Waals surface area contributed by atoms with Gasteiger partial charge in [0.15, 0.2) is 0 Å². The van der Waals surface area contributed by atoms with Crippen LogP contribution in [0.5, 0.6) is 5.75 Å². The molecule has 0 unspecified atom stereocenters. The Morgan fingerprint density at radius 2 is 0.895 bits per heavy atom. The lowest BCUT2D eigenvalue weighted by molar-refractivity contribution is 0.0754. The van der Waals surface area contributed by atoms with Gasteiger partial charge in [0.2, 0.25) is 0 Å². The van der Waals surface area contributed by atoms with Crippen molar-refractivity contribution < 1.29 is 14.1 Å². The van der Waals surface area contributed by atoms with Crippen LogP contribution in [0.4, 0.5) is 0 Å². The molecule has 3 nitrogen and oxygen atoms in total. The quantitative estimate of drug-likeness (QED) is 0.282. The van der Waals surface area contributed by atoms with Crippen molar-refractivity contribution in [2.45, 2.75) is 77.0 Å². The first-order valence-corrected chi connectivity index (χ1v) is 14.5. The monoisotopic (exact) mass is 526 g/mol. The van der Waals surface area contributed by atoms with Crippen LogP contribution in [0.3, 0.4) is 0 Å². The molecule has 4 aromatic rings. The van der Waals surface area contributed by atoms with Crippen molar-refractivity contribution in [3.05, 3.63) is 116 Å². The third-order valence-corrected chi connectivity index (χ3v) is 11.1. The Morgan fingerprint density at radius 3 is 1.21 bits per heavy atom. The maximum atomic E-state index is 14.1. The Morgan fingerprint density at radius 1 is 0.579 bits per heavy atom.